The number of nitrogens with zero attached hydrogens (tertiary/aromatic N) is 2. The standard InChI is InChI=1S/C19H22N2O3/c1-20(2)17(22)14-21(3)19(23)18(15-10-6-4-7-11-15)24-16-12-8-5-9-13-16/h4-13,18H,14H2,1-3H3/t18-/m1/s1. The van der Waals surface area contributed by atoms with Crippen LogP contribution in [0, 0.1) is 0 Å². The number of carbonyl (C=O) groups is 2. The molecule has 0 aliphatic rings. The van der Waals surface area contributed by atoms with Crippen LogP contribution < -0.4 is 4.74 Å². The molecule has 0 radical (unpaired) electrons. The van der Waals surface area contributed by atoms with Crippen LogP contribution in [0.5, 0.6) is 5.75 Å². The van der Waals surface area contributed by atoms with Gasteiger partial charge in [0.2, 0.25) is 12.0 Å². The van der Waals surface area contributed by atoms with Gasteiger partial charge in [0.25, 0.3) is 5.91 Å². The lowest BCUT2D eigenvalue weighted by atomic mass is 10.1. The maximum Gasteiger partial charge on any atom is 0.268 e. The Bertz CT molecular complexity index is 672. The fourth-order valence-electron chi connectivity index (χ4n) is 2.15. The summed E-state index contributed by atoms with van der Waals surface area (Å²) in [5.41, 5.74) is 0.746. The van der Waals surface area contributed by atoms with Gasteiger partial charge in [-0.1, -0.05) is 48.5 Å². The van der Waals surface area contributed by atoms with E-state index in [1.54, 1.807) is 33.3 Å². The lowest BCUT2D eigenvalue weighted by Gasteiger charge is -2.25. The first-order valence-electron chi connectivity index (χ1n) is 7.71. The summed E-state index contributed by atoms with van der Waals surface area (Å²) >= 11 is 0. The number of amides is 2. The molecule has 0 saturated carbocycles. The van der Waals surface area contributed by atoms with Crippen LogP contribution in [0.15, 0.2) is 60.7 Å². The van der Waals surface area contributed by atoms with E-state index in [4.69, 9.17) is 4.74 Å². The van der Waals surface area contributed by atoms with E-state index in [0.717, 1.165) is 5.56 Å². The van der Waals surface area contributed by atoms with Crippen molar-refractivity contribution in [2.45, 2.75) is 6.10 Å². The lowest BCUT2D eigenvalue weighted by molar-refractivity contribution is -0.143. The third-order valence-electron chi connectivity index (χ3n) is 3.57. The number of benzene rings is 2. The fourth-order valence-corrected chi connectivity index (χ4v) is 2.15. The summed E-state index contributed by atoms with van der Waals surface area (Å²) in [4.78, 5) is 27.6. The zero-order chi connectivity index (χ0) is 17.5. The second kappa shape index (κ2) is 8.15. The molecular weight excluding hydrogens is 304 g/mol. The molecule has 0 aliphatic carbocycles. The van der Waals surface area contributed by atoms with Crippen molar-refractivity contribution in [1.82, 2.24) is 9.80 Å². The van der Waals surface area contributed by atoms with E-state index in [2.05, 4.69) is 0 Å². The van der Waals surface area contributed by atoms with Crippen LogP contribution >= 0.6 is 0 Å². The summed E-state index contributed by atoms with van der Waals surface area (Å²) in [7, 11) is 4.93. The van der Waals surface area contributed by atoms with Crippen LogP contribution in [0.25, 0.3) is 0 Å². The summed E-state index contributed by atoms with van der Waals surface area (Å²) < 4.78 is 5.91. The molecule has 1 atom stereocenters. The van der Waals surface area contributed by atoms with Gasteiger partial charge in [0.1, 0.15) is 5.75 Å². The van der Waals surface area contributed by atoms with E-state index in [1.807, 2.05) is 48.5 Å². The Labute approximate surface area is 142 Å². The molecule has 2 amide bonds. The monoisotopic (exact) mass is 326 g/mol. The van der Waals surface area contributed by atoms with E-state index in [1.165, 1.54) is 9.80 Å². The van der Waals surface area contributed by atoms with Gasteiger partial charge in [-0.15, -0.1) is 0 Å². The smallest absolute Gasteiger partial charge is 0.268 e. The van der Waals surface area contributed by atoms with Crippen molar-refractivity contribution >= 4 is 11.8 Å². The van der Waals surface area contributed by atoms with Crippen molar-refractivity contribution in [3.63, 3.8) is 0 Å². The Morgan fingerprint density at radius 1 is 0.917 bits per heavy atom. The quantitative estimate of drug-likeness (QED) is 0.819. The first-order chi connectivity index (χ1) is 11.5. The highest BCUT2D eigenvalue weighted by Crippen LogP contribution is 2.23. The van der Waals surface area contributed by atoms with Crippen molar-refractivity contribution in [3.8, 4) is 5.75 Å². The Kier molecular flexibility index (Phi) is 5.95. The van der Waals surface area contributed by atoms with E-state index >= 15 is 0 Å². The number of carbonyl (C=O) groups excluding carboxylic acids is 2. The normalized spacial score (nSPS) is 11.5. The maximum absolute atomic E-state index is 12.8. The Morgan fingerprint density at radius 2 is 1.46 bits per heavy atom. The zero-order valence-electron chi connectivity index (χ0n) is 14.2. The van der Waals surface area contributed by atoms with Gasteiger partial charge in [-0.3, -0.25) is 9.59 Å². The summed E-state index contributed by atoms with van der Waals surface area (Å²) in [5.74, 6) is 0.199. The van der Waals surface area contributed by atoms with Gasteiger partial charge in [-0.05, 0) is 12.1 Å². The number of hydrogen-bond donors (Lipinski definition) is 0. The number of para-hydroxylation sites is 1. The van der Waals surface area contributed by atoms with E-state index in [0.29, 0.717) is 5.75 Å². The van der Waals surface area contributed by atoms with Gasteiger partial charge in [0.05, 0.1) is 6.54 Å². The van der Waals surface area contributed by atoms with Crippen LogP contribution in [0.3, 0.4) is 0 Å². The average molecular weight is 326 g/mol. The molecule has 0 fully saturated rings. The molecular formula is C19H22N2O3. The van der Waals surface area contributed by atoms with Gasteiger partial charge in [-0.2, -0.15) is 0 Å². The minimum atomic E-state index is -0.798. The van der Waals surface area contributed by atoms with Gasteiger partial charge < -0.3 is 14.5 Å². The number of likely N-dealkylation sites (N-methyl/N-ethyl adjacent to an activating group) is 2. The van der Waals surface area contributed by atoms with Crippen LogP contribution in [-0.4, -0.2) is 49.3 Å². The molecule has 0 saturated heterocycles. The fraction of sp³-hybridized carbons (Fsp3) is 0.263. The third kappa shape index (κ3) is 4.59. The van der Waals surface area contributed by atoms with Crippen LogP contribution in [-0.2, 0) is 9.59 Å². The molecule has 0 N–H and O–H groups in total. The van der Waals surface area contributed by atoms with Gasteiger partial charge >= 0.3 is 0 Å². The van der Waals surface area contributed by atoms with E-state index in [-0.39, 0.29) is 18.4 Å². The maximum atomic E-state index is 12.8. The molecule has 2 rings (SSSR count). The third-order valence-corrected chi connectivity index (χ3v) is 3.57. The van der Waals surface area contributed by atoms with E-state index in [9.17, 15) is 9.59 Å². The molecule has 24 heavy (non-hydrogen) atoms. The number of hydrogen-bond acceptors (Lipinski definition) is 3. The molecule has 5 nitrogen and oxygen atoms in total. The predicted octanol–water partition coefficient (Wildman–Crippen LogP) is 2.35. The largest absolute Gasteiger partial charge is 0.476 e. The zero-order valence-corrected chi connectivity index (χ0v) is 14.2. The number of ether oxygens (including phenoxy) is 1. The minimum absolute atomic E-state index is 0.00726. The second-order valence-corrected chi connectivity index (χ2v) is 5.70. The van der Waals surface area contributed by atoms with Gasteiger partial charge in [-0.25, -0.2) is 0 Å². The van der Waals surface area contributed by atoms with Gasteiger partial charge in [0, 0.05) is 26.7 Å². The summed E-state index contributed by atoms with van der Waals surface area (Å²) in [5, 5.41) is 0. The van der Waals surface area contributed by atoms with Crippen LogP contribution in [0.2, 0.25) is 0 Å². The van der Waals surface area contributed by atoms with E-state index < -0.39 is 6.10 Å². The van der Waals surface area contributed by atoms with Crippen molar-refractivity contribution in [1.29, 1.82) is 0 Å². The molecule has 5 heteroatoms. The van der Waals surface area contributed by atoms with Crippen molar-refractivity contribution in [3.05, 3.63) is 66.2 Å². The predicted molar refractivity (Wildman–Crippen MR) is 92.6 cm³/mol. The van der Waals surface area contributed by atoms with Crippen molar-refractivity contribution < 1.29 is 14.3 Å². The van der Waals surface area contributed by atoms with Crippen LogP contribution in [0.4, 0.5) is 0 Å². The molecule has 0 heterocycles. The first kappa shape index (κ1) is 17.5. The Hall–Kier alpha value is -2.82. The number of rotatable bonds is 6. The highest BCUT2D eigenvalue weighted by Gasteiger charge is 2.27. The summed E-state index contributed by atoms with van der Waals surface area (Å²) in [6.07, 6.45) is -0.798. The van der Waals surface area contributed by atoms with Crippen molar-refractivity contribution in [2.24, 2.45) is 0 Å². The van der Waals surface area contributed by atoms with Crippen molar-refractivity contribution in [2.75, 3.05) is 27.7 Å². The Morgan fingerprint density at radius 3 is 2.00 bits per heavy atom. The highest BCUT2D eigenvalue weighted by atomic mass is 16.5. The minimum Gasteiger partial charge on any atom is -0.476 e. The topological polar surface area (TPSA) is 49.9 Å². The molecule has 0 aliphatic heterocycles. The summed E-state index contributed by atoms with van der Waals surface area (Å²) in [6.45, 7) is 0.00726. The van der Waals surface area contributed by atoms with Crippen LogP contribution in [0.1, 0.15) is 11.7 Å². The molecule has 126 valence electrons. The molecule has 2 aromatic rings. The molecule has 0 spiro atoms. The lowest BCUT2D eigenvalue weighted by Crippen LogP contribution is -2.41. The second-order valence-electron chi connectivity index (χ2n) is 5.70. The molecule has 2 aromatic carbocycles. The average Bonchev–Trinajstić information content (AvgIpc) is 2.60. The Balaban J connectivity index is 2.22. The van der Waals surface area contributed by atoms with Gasteiger partial charge in [0.15, 0.2) is 0 Å². The first-order valence-corrected chi connectivity index (χ1v) is 7.71. The molecule has 0 bridgehead atoms. The molecule has 0 unspecified atom stereocenters. The molecule has 0 aromatic heterocycles. The highest BCUT2D eigenvalue weighted by molar-refractivity contribution is 5.87. The SMILES string of the molecule is CN(C)C(=O)CN(C)C(=O)[C@H](Oc1ccccc1)c1ccccc1. The summed E-state index contributed by atoms with van der Waals surface area (Å²) in [6, 6.07) is 18.5.